The van der Waals surface area contributed by atoms with E-state index in [2.05, 4.69) is 10.1 Å². The fourth-order valence-electron chi connectivity index (χ4n) is 3.45. The predicted octanol–water partition coefficient (Wildman–Crippen LogP) is 3.91. The van der Waals surface area contributed by atoms with E-state index in [4.69, 9.17) is 9.15 Å². The van der Waals surface area contributed by atoms with E-state index in [0.29, 0.717) is 36.8 Å². The summed E-state index contributed by atoms with van der Waals surface area (Å²) in [5.41, 5.74) is 1.34. The Morgan fingerprint density at radius 3 is 2.50 bits per heavy atom. The van der Waals surface area contributed by atoms with Crippen LogP contribution in [0.5, 0.6) is 0 Å². The van der Waals surface area contributed by atoms with E-state index < -0.39 is 14.9 Å². The molecule has 5 rings (SSSR count). The number of benzene rings is 1. The van der Waals surface area contributed by atoms with Crippen LogP contribution in [-0.4, -0.2) is 54.8 Å². The number of ether oxygens (including phenoxy) is 1. The molecule has 1 saturated heterocycles. The SMILES string of the molecule is O=[N+]([O-])c1ccc(C=Nn2c(-c3cccs3)csc2=Nc2ccc(S(=O)(=O)N3CCOCC3)cc2)o1. The van der Waals surface area contributed by atoms with E-state index in [1.807, 2.05) is 22.9 Å². The van der Waals surface area contributed by atoms with Gasteiger partial charge in [0.25, 0.3) is 0 Å². The maximum Gasteiger partial charge on any atom is 0.433 e. The van der Waals surface area contributed by atoms with Gasteiger partial charge in [0.2, 0.25) is 14.8 Å². The molecule has 36 heavy (non-hydrogen) atoms. The first-order valence-corrected chi connectivity index (χ1v) is 13.9. The number of nitrogens with zero attached hydrogens (tertiary/aromatic N) is 5. The molecule has 0 bridgehead atoms. The average molecular weight is 546 g/mol. The number of morpholine rings is 1. The molecule has 0 amide bonds. The van der Waals surface area contributed by atoms with Crippen LogP contribution in [0.15, 0.2) is 78.7 Å². The molecule has 0 spiro atoms. The van der Waals surface area contributed by atoms with Crippen LogP contribution in [0.2, 0.25) is 0 Å². The van der Waals surface area contributed by atoms with Gasteiger partial charge in [-0.15, -0.1) is 22.7 Å². The molecule has 11 nitrogen and oxygen atoms in total. The monoisotopic (exact) mass is 545 g/mol. The van der Waals surface area contributed by atoms with Gasteiger partial charge in [-0.25, -0.2) is 18.1 Å². The largest absolute Gasteiger partial charge is 0.433 e. The Balaban J connectivity index is 1.48. The molecule has 4 aromatic rings. The van der Waals surface area contributed by atoms with Crippen LogP contribution in [0.4, 0.5) is 11.6 Å². The first kappa shape index (κ1) is 24.3. The zero-order valence-corrected chi connectivity index (χ0v) is 21.0. The maximum atomic E-state index is 12.9. The van der Waals surface area contributed by atoms with Crippen LogP contribution in [0, 0.1) is 10.1 Å². The van der Waals surface area contributed by atoms with Gasteiger partial charge in [0.15, 0.2) is 5.76 Å². The lowest BCUT2D eigenvalue weighted by atomic mass is 10.3. The second-order valence-corrected chi connectivity index (χ2v) is 11.2. The molecular weight excluding hydrogens is 526 g/mol. The highest BCUT2D eigenvalue weighted by molar-refractivity contribution is 7.89. The maximum absolute atomic E-state index is 12.9. The van der Waals surface area contributed by atoms with Crippen molar-refractivity contribution in [1.29, 1.82) is 0 Å². The second-order valence-electron chi connectivity index (χ2n) is 7.49. The molecule has 0 unspecified atom stereocenters. The van der Waals surface area contributed by atoms with Gasteiger partial charge in [0, 0.05) is 18.5 Å². The summed E-state index contributed by atoms with van der Waals surface area (Å²) in [6.07, 6.45) is 1.38. The molecule has 1 aromatic carbocycles. The van der Waals surface area contributed by atoms with Crippen molar-refractivity contribution >= 4 is 50.5 Å². The van der Waals surface area contributed by atoms with E-state index in [9.17, 15) is 18.5 Å². The first-order chi connectivity index (χ1) is 17.4. The molecule has 0 N–H and O–H groups in total. The minimum atomic E-state index is -3.60. The second kappa shape index (κ2) is 10.3. The van der Waals surface area contributed by atoms with Gasteiger partial charge in [0.1, 0.15) is 4.92 Å². The van der Waals surface area contributed by atoms with Gasteiger partial charge >= 0.3 is 5.88 Å². The van der Waals surface area contributed by atoms with Crippen molar-refractivity contribution in [2.75, 3.05) is 26.3 Å². The smallest absolute Gasteiger partial charge is 0.400 e. The molecule has 4 heterocycles. The number of hydrogen-bond acceptors (Lipinski definition) is 10. The summed E-state index contributed by atoms with van der Waals surface area (Å²) in [6.45, 7) is 1.41. The fraction of sp³-hybridized carbons (Fsp3) is 0.182. The Kier molecular flexibility index (Phi) is 6.93. The van der Waals surface area contributed by atoms with Crippen LogP contribution in [0.25, 0.3) is 10.6 Å². The number of sulfonamides is 1. The van der Waals surface area contributed by atoms with Gasteiger partial charge < -0.3 is 9.15 Å². The molecule has 0 atom stereocenters. The molecule has 1 aliphatic heterocycles. The van der Waals surface area contributed by atoms with Crippen molar-refractivity contribution in [3.63, 3.8) is 0 Å². The molecule has 0 aliphatic carbocycles. The number of thiazole rings is 1. The predicted molar refractivity (Wildman–Crippen MR) is 135 cm³/mol. The molecule has 14 heteroatoms. The van der Waals surface area contributed by atoms with Crippen molar-refractivity contribution in [3.8, 4) is 10.6 Å². The molecule has 0 radical (unpaired) electrons. The number of nitro groups is 1. The van der Waals surface area contributed by atoms with E-state index in [-0.39, 0.29) is 16.5 Å². The topological polar surface area (TPSA) is 133 Å². The van der Waals surface area contributed by atoms with Crippen LogP contribution in [0.3, 0.4) is 0 Å². The third kappa shape index (κ3) is 5.08. The zero-order chi connectivity index (χ0) is 25.1. The van der Waals surface area contributed by atoms with E-state index in [1.165, 1.54) is 57.5 Å². The summed E-state index contributed by atoms with van der Waals surface area (Å²) in [5.74, 6) is -0.150. The first-order valence-electron chi connectivity index (χ1n) is 10.7. The van der Waals surface area contributed by atoms with Crippen LogP contribution in [-0.2, 0) is 14.8 Å². The Hall–Kier alpha value is -3.43. The zero-order valence-electron chi connectivity index (χ0n) is 18.6. The van der Waals surface area contributed by atoms with E-state index in [0.717, 1.165) is 10.6 Å². The lowest BCUT2D eigenvalue weighted by Crippen LogP contribution is -2.40. The molecule has 3 aromatic heterocycles. The molecule has 1 fully saturated rings. The number of thiophene rings is 1. The Labute approximate surface area is 213 Å². The summed E-state index contributed by atoms with van der Waals surface area (Å²) in [4.78, 5) is 16.6. The van der Waals surface area contributed by atoms with E-state index >= 15 is 0 Å². The summed E-state index contributed by atoms with van der Waals surface area (Å²) in [5, 5.41) is 19.2. The van der Waals surface area contributed by atoms with Gasteiger partial charge in [-0.2, -0.15) is 9.41 Å². The molecular formula is C22H19N5O6S3. The molecule has 0 saturated carbocycles. The number of rotatable bonds is 7. The van der Waals surface area contributed by atoms with Gasteiger partial charge in [-0.3, -0.25) is 10.1 Å². The number of furan rings is 1. The third-order valence-electron chi connectivity index (χ3n) is 5.22. The van der Waals surface area contributed by atoms with Crippen molar-refractivity contribution in [3.05, 3.63) is 80.0 Å². The summed E-state index contributed by atoms with van der Waals surface area (Å²) < 4.78 is 39.2. The number of aromatic nitrogens is 1. The Bertz CT molecular complexity index is 1560. The average Bonchev–Trinajstić information content (AvgIpc) is 3.65. The summed E-state index contributed by atoms with van der Waals surface area (Å²) in [6, 6.07) is 12.9. The molecule has 186 valence electrons. The van der Waals surface area contributed by atoms with Crippen LogP contribution >= 0.6 is 22.7 Å². The van der Waals surface area contributed by atoms with E-state index in [1.54, 1.807) is 16.8 Å². The molecule has 1 aliphatic rings. The quantitative estimate of drug-likeness (QED) is 0.196. The van der Waals surface area contributed by atoms with Crippen molar-refractivity contribution in [2.45, 2.75) is 4.90 Å². The minimum Gasteiger partial charge on any atom is -0.400 e. The van der Waals surface area contributed by atoms with Crippen molar-refractivity contribution < 1.29 is 22.5 Å². The highest BCUT2D eigenvalue weighted by atomic mass is 32.2. The van der Waals surface area contributed by atoms with Gasteiger partial charge in [0.05, 0.1) is 46.6 Å². The fourth-order valence-corrected chi connectivity index (χ4v) is 6.50. The van der Waals surface area contributed by atoms with Gasteiger partial charge in [-0.1, -0.05) is 6.07 Å². The van der Waals surface area contributed by atoms with Crippen molar-refractivity contribution in [1.82, 2.24) is 8.98 Å². The third-order valence-corrected chi connectivity index (χ3v) is 8.84. The highest BCUT2D eigenvalue weighted by Gasteiger charge is 2.26. The van der Waals surface area contributed by atoms with Crippen molar-refractivity contribution in [2.24, 2.45) is 10.1 Å². The lowest BCUT2D eigenvalue weighted by molar-refractivity contribution is -0.402. The lowest BCUT2D eigenvalue weighted by Gasteiger charge is -2.26. The highest BCUT2D eigenvalue weighted by Crippen LogP contribution is 2.26. The normalized spacial score (nSPS) is 15.6. The summed E-state index contributed by atoms with van der Waals surface area (Å²) in [7, 11) is -3.60. The number of hydrogen-bond donors (Lipinski definition) is 0. The Morgan fingerprint density at radius 2 is 1.83 bits per heavy atom. The van der Waals surface area contributed by atoms with Gasteiger partial charge in [-0.05, 0) is 41.8 Å². The van der Waals surface area contributed by atoms with Crippen LogP contribution < -0.4 is 4.80 Å². The summed E-state index contributed by atoms with van der Waals surface area (Å²) >= 11 is 2.89. The standard InChI is InChI=1S/C22H19N5O6S3/c28-27(29)21-8-5-17(33-21)14-23-26-19(20-2-1-13-34-20)15-35-22(26)24-16-3-6-18(7-4-16)36(30,31)25-9-11-32-12-10-25/h1-8,13-15H,9-12H2. The van der Waals surface area contributed by atoms with Crippen LogP contribution in [0.1, 0.15) is 5.76 Å². The Morgan fingerprint density at radius 1 is 1.06 bits per heavy atom. The minimum absolute atomic E-state index is 0.194.